The molecule has 114 valence electrons. The highest BCUT2D eigenvalue weighted by molar-refractivity contribution is 4.82. The Labute approximate surface area is 120 Å². The van der Waals surface area contributed by atoms with Crippen LogP contribution < -0.4 is 5.73 Å². The summed E-state index contributed by atoms with van der Waals surface area (Å²) in [6.45, 7) is 16.1. The van der Waals surface area contributed by atoms with E-state index in [9.17, 15) is 0 Å². The number of rotatable bonds is 7. The maximum atomic E-state index is 5.90. The molecule has 2 N–H and O–H groups in total. The average molecular weight is 269 g/mol. The fourth-order valence-corrected chi connectivity index (χ4v) is 3.16. The molecule has 19 heavy (non-hydrogen) atoms. The van der Waals surface area contributed by atoms with E-state index in [0.29, 0.717) is 0 Å². The molecule has 0 saturated carbocycles. The van der Waals surface area contributed by atoms with E-state index in [1.54, 1.807) is 0 Å². The summed E-state index contributed by atoms with van der Waals surface area (Å²) in [5.74, 6) is 0. The van der Waals surface area contributed by atoms with E-state index in [1.165, 1.54) is 45.3 Å². The lowest BCUT2D eigenvalue weighted by atomic mass is 9.91. The zero-order chi connectivity index (χ0) is 14.3. The summed E-state index contributed by atoms with van der Waals surface area (Å²) in [5.41, 5.74) is 6.14. The highest BCUT2D eigenvalue weighted by Gasteiger charge is 2.26. The molecule has 3 heteroatoms. The van der Waals surface area contributed by atoms with Gasteiger partial charge >= 0.3 is 0 Å². The normalized spacial score (nSPS) is 22.7. The smallest absolute Gasteiger partial charge is 0.0108 e. The Hall–Kier alpha value is -0.120. The molecular formula is C16H35N3. The first-order chi connectivity index (χ1) is 9.02. The van der Waals surface area contributed by atoms with Crippen LogP contribution in [0.25, 0.3) is 0 Å². The molecule has 3 nitrogen and oxygen atoms in total. The maximum absolute atomic E-state index is 5.90. The molecular weight excluding hydrogens is 234 g/mol. The Bertz CT molecular complexity index is 240. The molecule has 0 spiro atoms. The van der Waals surface area contributed by atoms with Gasteiger partial charge in [0.1, 0.15) is 0 Å². The summed E-state index contributed by atoms with van der Waals surface area (Å²) in [6.07, 6.45) is 5.32. The van der Waals surface area contributed by atoms with Crippen LogP contribution in [0.3, 0.4) is 0 Å². The lowest BCUT2D eigenvalue weighted by molar-refractivity contribution is 0.127. The van der Waals surface area contributed by atoms with Crippen molar-refractivity contribution < 1.29 is 0 Å². The largest absolute Gasteiger partial charge is 0.330 e. The first-order valence-electron chi connectivity index (χ1n) is 8.19. The quantitative estimate of drug-likeness (QED) is 0.771. The molecule has 1 aliphatic heterocycles. The van der Waals surface area contributed by atoms with E-state index in [1.807, 2.05) is 0 Å². The van der Waals surface area contributed by atoms with Crippen molar-refractivity contribution in [3.8, 4) is 0 Å². The summed E-state index contributed by atoms with van der Waals surface area (Å²) in [5, 5.41) is 0. The monoisotopic (exact) mass is 269 g/mol. The van der Waals surface area contributed by atoms with Crippen LogP contribution in [-0.4, -0.2) is 55.1 Å². The minimum absolute atomic E-state index is 0.241. The lowest BCUT2D eigenvalue weighted by Crippen LogP contribution is -2.44. The van der Waals surface area contributed by atoms with Crippen LogP contribution >= 0.6 is 0 Å². The van der Waals surface area contributed by atoms with Crippen LogP contribution in [0, 0.1) is 5.41 Å². The third kappa shape index (κ3) is 5.80. The summed E-state index contributed by atoms with van der Waals surface area (Å²) in [6, 6.07) is 0.762. The van der Waals surface area contributed by atoms with Crippen molar-refractivity contribution in [2.45, 2.75) is 59.4 Å². The number of nitrogens with zero attached hydrogens (tertiary/aromatic N) is 2. The number of hydrogen-bond donors (Lipinski definition) is 1. The molecule has 1 rings (SSSR count). The molecule has 1 aliphatic rings. The van der Waals surface area contributed by atoms with Crippen molar-refractivity contribution in [2.24, 2.45) is 11.1 Å². The fraction of sp³-hybridized carbons (Fsp3) is 1.00. The zero-order valence-electron chi connectivity index (χ0n) is 13.6. The van der Waals surface area contributed by atoms with Gasteiger partial charge in [0.05, 0.1) is 0 Å². The van der Waals surface area contributed by atoms with Crippen LogP contribution in [-0.2, 0) is 0 Å². The number of nitrogens with two attached hydrogens (primary N) is 1. The highest BCUT2D eigenvalue weighted by atomic mass is 15.2. The standard InChI is InChI=1S/C16H35N3/c1-5-10-18-11-7-8-15(9-12-18)19(6-2)14-16(3,4)13-17/h15H,5-14,17H2,1-4H3. The van der Waals surface area contributed by atoms with Crippen LogP contribution in [0.4, 0.5) is 0 Å². The van der Waals surface area contributed by atoms with Gasteiger partial charge in [0.25, 0.3) is 0 Å². The van der Waals surface area contributed by atoms with Crippen LogP contribution in [0.2, 0.25) is 0 Å². The summed E-state index contributed by atoms with van der Waals surface area (Å²) >= 11 is 0. The molecule has 1 fully saturated rings. The average Bonchev–Trinajstić information content (AvgIpc) is 2.62. The van der Waals surface area contributed by atoms with E-state index in [4.69, 9.17) is 5.73 Å². The molecule has 1 saturated heterocycles. The molecule has 1 unspecified atom stereocenters. The van der Waals surface area contributed by atoms with E-state index < -0.39 is 0 Å². The molecule has 0 aromatic carbocycles. The summed E-state index contributed by atoms with van der Waals surface area (Å²) in [7, 11) is 0. The van der Waals surface area contributed by atoms with Gasteiger partial charge in [-0.05, 0) is 63.8 Å². The molecule has 1 heterocycles. The summed E-state index contributed by atoms with van der Waals surface area (Å²) < 4.78 is 0. The number of hydrogen-bond acceptors (Lipinski definition) is 3. The van der Waals surface area contributed by atoms with Gasteiger partial charge in [-0.3, -0.25) is 0 Å². The van der Waals surface area contributed by atoms with Gasteiger partial charge in [0.2, 0.25) is 0 Å². The molecule has 0 aliphatic carbocycles. The Balaban J connectivity index is 2.52. The van der Waals surface area contributed by atoms with E-state index in [2.05, 4.69) is 37.5 Å². The third-order valence-electron chi connectivity index (χ3n) is 4.44. The van der Waals surface area contributed by atoms with E-state index in [0.717, 1.165) is 25.7 Å². The van der Waals surface area contributed by atoms with Gasteiger partial charge in [-0.2, -0.15) is 0 Å². The second kappa shape index (κ2) is 8.23. The topological polar surface area (TPSA) is 32.5 Å². The van der Waals surface area contributed by atoms with Gasteiger partial charge < -0.3 is 15.5 Å². The van der Waals surface area contributed by atoms with Crippen molar-refractivity contribution in [3.63, 3.8) is 0 Å². The SMILES string of the molecule is CCCN1CCCC(N(CC)CC(C)(C)CN)CC1. The van der Waals surface area contributed by atoms with Gasteiger partial charge in [-0.25, -0.2) is 0 Å². The van der Waals surface area contributed by atoms with Crippen LogP contribution in [0.5, 0.6) is 0 Å². The van der Waals surface area contributed by atoms with E-state index in [-0.39, 0.29) is 5.41 Å². The number of likely N-dealkylation sites (tertiary alicyclic amines) is 1. The Morgan fingerprint density at radius 2 is 1.95 bits per heavy atom. The fourth-order valence-electron chi connectivity index (χ4n) is 3.16. The molecule has 0 radical (unpaired) electrons. The first-order valence-corrected chi connectivity index (χ1v) is 8.19. The molecule has 0 bridgehead atoms. The van der Waals surface area contributed by atoms with Gasteiger partial charge in [-0.1, -0.05) is 27.7 Å². The van der Waals surface area contributed by atoms with Gasteiger partial charge in [-0.15, -0.1) is 0 Å². The lowest BCUT2D eigenvalue weighted by Gasteiger charge is -2.36. The predicted octanol–water partition coefficient (Wildman–Crippen LogP) is 2.56. The van der Waals surface area contributed by atoms with Crippen molar-refractivity contribution in [3.05, 3.63) is 0 Å². The third-order valence-corrected chi connectivity index (χ3v) is 4.44. The van der Waals surface area contributed by atoms with Crippen molar-refractivity contribution >= 4 is 0 Å². The highest BCUT2D eigenvalue weighted by Crippen LogP contribution is 2.22. The van der Waals surface area contributed by atoms with Crippen LogP contribution in [0.15, 0.2) is 0 Å². The zero-order valence-corrected chi connectivity index (χ0v) is 13.6. The van der Waals surface area contributed by atoms with Crippen LogP contribution in [0.1, 0.15) is 53.4 Å². The van der Waals surface area contributed by atoms with Gasteiger partial charge in [0, 0.05) is 12.6 Å². The first kappa shape index (κ1) is 16.9. The molecule has 0 amide bonds. The second-order valence-electron chi connectivity index (χ2n) is 6.86. The molecule has 0 aromatic rings. The van der Waals surface area contributed by atoms with Gasteiger partial charge in [0.15, 0.2) is 0 Å². The van der Waals surface area contributed by atoms with Crippen molar-refractivity contribution in [2.75, 3.05) is 39.3 Å². The Morgan fingerprint density at radius 1 is 1.21 bits per heavy atom. The molecule has 1 atom stereocenters. The summed E-state index contributed by atoms with van der Waals surface area (Å²) in [4.78, 5) is 5.31. The minimum Gasteiger partial charge on any atom is -0.330 e. The minimum atomic E-state index is 0.241. The molecule has 0 aromatic heterocycles. The maximum Gasteiger partial charge on any atom is 0.0108 e. The second-order valence-corrected chi connectivity index (χ2v) is 6.86. The van der Waals surface area contributed by atoms with Crippen molar-refractivity contribution in [1.29, 1.82) is 0 Å². The Morgan fingerprint density at radius 3 is 2.53 bits per heavy atom. The van der Waals surface area contributed by atoms with E-state index >= 15 is 0 Å². The Kier molecular flexibility index (Phi) is 7.33. The van der Waals surface area contributed by atoms with Crippen molar-refractivity contribution in [1.82, 2.24) is 9.80 Å². The predicted molar refractivity (Wildman–Crippen MR) is 84.5 cm³/mol.